The molecule has 2 heteroatoms. The van der Waals surface area contributed by atoms with E-state index >= 15 is 0 Å². The summed E-state index contributed by atoms with van der Waals surface area (Å²) in [7, 11) is 0. The zero-order valence-corrected chi connectivity index (χ0v) is 6.67. The Balaban J connectivity index is 2.07. The highest BCUT2D eigenvalue weighted by Crippen LogP contribution is 2.37. The highest BCUT2D eigenvalue weighted by molar-refractivity contribution is 5.38. The Labute approximate surface area is 66.7 Å². The van der Waals surface area contributed by atoms with Crippen molar-refractivity contribution in [3.63, 3.8) is 0 Å². The van der Waals surface area contributed by atoms with Crippen LogP contribution in [-0.4, -0.2) is 10.5 Å². The van der Waals surface area contributed by atoms with Gasteiger partial charge in [-0.3, -0.25) is 0 Å². The van der Waals surface area contributed by atoms with Crippen molar-refractivity contribution in [1.82, 2.24) is 4.98 Å². The van der Waals surface area contributed by atoms with Crippen LogP contribution in [0.3, 0.4) is 0 Å². The summed E-state index contributed by atoms with van der Waals surface area (Å²) in [6.07, 6.45) is 4.35. The minimum Gasteiger partial charge on any atom is -0.365 e. The molecule has 11 heavy (non-hydrogen) atoms. The van der Waals surface area contributed by atoms with E-state index in [4.69, 9.17) is 0 Å². The van der Waals surface area contributed by atoms with Crippen molar-refractivity contribution >= 4 is 5.82 Å². The van der Waals surface area contributed by atoms with Gasteiger partial charge in [0.15, 0.2) is 0 Å². The molecule has 1 N–H and O–H groups in total. The quantitative estimate of drug-likeness (QED) is 0.694. The van der Waals surface area contributed by atoms with Gasteiger partial charge in [-0.1, -0.05) is 6.07 Å². The fraction of sp³-hybridized carbons (Fsp3) is 0.444. The smallest absolute Gasteiger partial charge is 0.126 e. The normalized spacial score (nSPS) is 19.4. The van der Waals surface area contributed by atoms with Crippen molar-refractivity contribution in [3.8, 4) is 0 Å². The van der Waals surface area contributed by atoms with Crippen molar-refractivity contribution in [3.05, 3.63) is 24.4 Å². The van der Waals surface area contributed by atoms with E-state index in [-0.39, 0.29) is 0 Å². The summed E-state index contributed by atoms with van der Waals surface area (Å²) in [4.78, 5) is 4.19. The highest BCUT2D eigenvalue weighted by atomic mass is 15.1. The molecule has 1 saturated carbocycles. The van der Waals surface area contributed by atoms with E-state index < -0.39 is 0 Å². The lowest BCUT2D eigenvalue weighted by Gasteiger charge is -2.10. The topological polar surface area (TPSA) is 24.9 Å². The largest absolute Gasteiger partial charge is 0.365 e. The van der Waals surface area contributed by atoms with Crippen LogP contribution in [0.1, 0.15) is 19.8 Å². The molecule has 0 aliphatic heterocycles. The van der Waals surface area contributed by atoms with E-state index in [2.05, 4.69) is 17.2 Å². The Morgan fingerprint density at radius 3 is 2.82 bits per heavy atom. The molecule has 0 atom stereocenters. The molecule has 0 amide bonds. The Hall–Kier alpha value is -1.05. The summed E-state index contributed by atoms with van der Waals surface area (Å²) >= 11 is 0. The van der Waals surface area contributed by atoms with E-state index in [9.17, 15) is 0 Å². The molecule has 0 unspecified atom stereocenters. The van der Waals surface area contributed by atoms with E-state index in [1.165, 1.54) is 12.8 Å². The third kappa shape index (κ3) is 1.50. The van der Waals surface area contributed by atoms with Gasteiger partial charge in [0, 0.05) is 11.7 Å². The summed E-state index contributed by atoms with van der Waals surface area (Å²) in [5, 5.41) is 3.38. The van der Waals surface area contributed by atoms with E-state index in [0.717, 1.165) is 5.82 Å². The van der Waals surface area contributed by atoms with Gasteiger partial charge >= 0.3 is 0 Å². The zero-order valence-electron chi connectivity index (χ0n) is 6.67. The molecule has 1 heterocycles. The Kier molecular flexibility index (Phi) is 1.34. The monoisotopic (exact) mass is 148 g/mol. The molecule has 0 bridgehead atoms. The van der Waals surface area contributed by atoms with Crippen LogP contribution in [-0.2, 0) is 0 Å². The van der Waals surface area contributed by atoms with Crippen LogP contribution in [0.15, 0.2) is 24.4 Å². The van der Waals surface area contributed by atoms with Gasteiger partial charge in [0.25, 0.3) is 0 Å². The maximum Gasteiger partial charge on any atom is 0.126 e. The van der Waals surface area contributed by atoms with Crippen LogP contribution in [0.5, 0.6) is 0 Å². The highest BCUT2D eigenvalue weighted by Gasteiger charge is 2.37. The van der Waals surface area contributed by atoms with Crippen LogP contribution in [0, 0.1) is 0 Å². The van der Waals surface area contributed by atoms with Gasteiger partial charge in [-0.15, -0.1) is 0 Å². The number of rotatable bonds is 2. The number of hydrogen-bond donors (Lipinski definition) is 1. The summed E-state index contributed by atoms with van der Waals surface area (Å²) in [5.41, 5.74) is 0.342. The molecule has 0 aromatic carbocycles. The molecule has 1 aliphatic carbocycles. The molecule has 0 radical (unpaired) electrons. The van der Waals surface area contributed by atoms with Crippen molar-refractivity contribution in [2.45, 2.75) is 25.3 Å². The molecule has 1 aromatic rings. The maximum atomic E-state index is 4.19. The number of aromatic nitrogens is 1. The Morgan fingerprint density at radius 1 is 1.45 bits per heavy atom. The SMILES string of the molecule is CC1(Nc2ccccn2)CC1. The van der Waals surface area contributed by atoms with E-state index in [1.54, 1.807) is 0 Å². The van der Waals surface area contributed by atoms with Crippen molar-refractivity contribution < 1.29 is 0 Å². The van der Waals surface area contributed by atoms with Gasteiger partial charge in [-0.25, -0.2) is 4.98 Å². The van der Waals surface area contributed by atoms with Gasteiger partial charge in [-0.2, -0.15) is 0 Å². The zero-order chi connectivity index (χ0) is 7.73. The predicted molar refractivity (Wildman–Crippen MR) is 45.5 cm³/mol. The average Bonchev–Trinajstić information content (AvgIpc) is 2.70. The lowest BCUT2D eigenvalue weighted by Crippen LogP contribution is -2.16. The molecule has 0 spiro atoms. The Bertz CT molecular complexity index is 239. The van der Waals surface area contributed by atoms with Gasteiger partial charge in [0.2, 0.25) is 0 Å². The fourth-order valence-electron chi connectivity index (χ4n) is 1.06. The second-order valence-corrected chi connectivity index (χ2v) is 3.40. The first kappa shape index (κ1) is 6.65. The van der Waals surface area contributed by atoms with Crippen LogP contribution in [0.4, 0.5) is 5.82 Å². The number of anilines is 1. The first-order valence-electron chi connectivity index (χ1n) is 3.98. The van der Waals surface area contributed by atoms with Gasteiger partial charge in [0.1, 0.15) is 5.82 Å². The predicted octanol–water partition coefficient (Wildman–Crippen LogP) is 2.05. The number of nitrogens with zero attached hydrogens (tertiary/aromatic N) is 1. The number of pyridine rings is 1. The van der Waals surface area contributed by atoms with Crippen LogP contribution < -0.4 is 5.32 Å². The molecule has 58 valence electrons. The molecule has 1 aromatic heterocycles. The van der Waals surface area contributed by atoms with Crippen LogP contribution in [0.2, 0.25) is 0 Å². The maximum absolute atomic E-state index is 4.19. The molecule has 0 saturated heterocycles. The third-order valence-electron chi connectivity index (χ3n) is 2.09. The number of nitrogens with one attached hydrogen (secondary N) is 1. The summed E-state index contributed by atoms with van der Waals surface area (Å²) in [6.45, 7) is 2.22. The van der Waals surface area contributed by atoms with Gasteiger partial charge in [-0.05, 0) is 31.9 Å². The molecular formula is C9H12N2. The van der Waals surface area contributed by atoms with Crippen LogP contribution >= 0.6 is 0 Å². The van der Waals surface area contributed by atoms with Gasteiger partial charge in [0.05, 0.1) is 0 Å². The molecule has 1 fully saturated rings. The van der Waals surface area contributed by atoms with Crippen molar-refractivity contribution in [1.29, 1.82) is 0 Å². The summed E-state index contributed by atoms with van der Waals surface area (Å²) in [6, 6.07) is 5.94. The first-order chi connectivity index (χ1) is 5.29. The second-order valence-electron chi connectivity index (χ2n) is 3.40. The molecule has 1 aliphatic rings. The fourth-order valence-corrected chi connectivity index (χ4v) is 1.06. The van der Waals surface area contributed by atoms with Crippen molar-refractivity contribution in [2.75, 3.05) is 5.32 Å². The van der Waals surface area contributed by atoms with Crippen LogP contribution in [0.25, 0.3) is 0 Å². The molecule has 2 rings (SSSR count). The third-order valence-corrected chi connectivity index (χ3v) is 2.09. The molecule has 2 nitrogen and oxygen atoms in total. The second kappa shape index (κ2) is 2.22. The lowest BCUT2D eigenvalue weighted by molar-refractivity contribution is 0.821. The van der Waals surface area contributed by atoms with Gasteiger partial charge < -0.3 is 5.32 Å². The van der Waals surface area contributed by atoms with E-state index in [1.807, 2.05) is 24.4 Å². The minimum absolute atomic E-state index is 0.342. The van der Waals surface area contributed by atoms with E-state index in [0.29, 0.717) is 5.54 Å². The standard InChI is InChI=1S/C9H12N2/c1-9(5-6-9)11-8-4-2-3-7-10-8/h2-4,7H,5-6H2,1H3,(H,10,11). The summed E-state index contributed by atoms with van der Waals surface area (Å²) in [5.74, 6) is 0.993. The van der Waals surface area contributed by atoms with Crippen molar-refractivity contribution in [2.24, 2.45) is 0 Å². The average molecular weight is 148 g/mol. The summed E-state index contributed by atoms with van der Waals surface area (Å²) < 4.78 is 0. The minimum atomic E-state index is 0.342. The first-order valence-corrected chi connectivity index (χ1v) is 3.98. The lowest BCUT2D eigenvalue weighted by atomic mass is 10.3. The molecular weight excluding hydrogens is 136 g/mol. The Morgan fingerprint density at radius 2 is 2.27 bits per heavy atom. The number of hydrogen-bond acceptors (Lipinski definition) is 2.